The van der Waals surface area contributed by atoms with Crippen molar-refractivity contribution in [2.75, 3.05) is 18.8 Å². The van der Waals surface area contributed by atoms with Gasteiger partial charge in [-0.05, 0) is 23.8 Å². The van der Waals surface area contributed by atoms with Crippen LogP contribution in [0.4, 0.5) is 4.39 Å². The molecule has 2 nitrogen and oxygen atoms in total. The fraction of sp³-hybridized carbons (Fsp3) is 0.455. The first-order valence-corrected chi connectivity index (χ1v) is 6.16. The van der Waals surface area contributed by atoms with Crippen molar-refractivity contribution in [2.24, 2.45) is 5.73 Å². The summed E-state index contributed by atoms with van der Waals surface area (Å²) in [5.41, 5.74) is 6.54. The van der Waals surface area contributed by atoms with Gasteiger partial charge in [-0.3, -0.25) is 0 Å². The molecule has 0 fully saturated rings. The average molecular weight is 226 g/mol. The zero-order chi connectivity index (χ0) is 10.7. The molecule has 0 saturated heterocycles. The van der Waals surface area contributed by atoms with Crippen LogP contribution in [0.25, 0.3) is 0 Å². The molecular formula is C11H15FN2S. The van der Waals surface area contributed by atoms with Crippen LogP contribution in [0.15, 0.2) is 23.1 Å². The second-order valence-electron chi connectivity index (χ2n) is 3.59. The van der Waals surface area contributed by atoms with Gasteiger partial charge in [-0.2, -0.15) is 0 Å². The molecule has 15 heavy (non-hydrogen) atoms. The first-order valence-electron chi connectivity index (χ1n) is 5.17. The monoisotopic (exact) mass is 226 g/mol. The topological polar surface area (TPSA) is 38.0 Å². The third-order valence-electron chi connectivity index (χ3n) is 2.56. The number of nitrogens with one attached hydrogen (secondary N) is 1. The predicted octanol–water partition coefficient (Wildman–Crippen LogP) is 1.91. The summed E-state index contributed by atoms with van der Waals surface area (Å²) in [6, 6.07) is 5.56. The summed E-state index contributed by atoms with van der Waals surface area (Å²) in [5, 5.41) is 3.35. The van der Waals surface area contributed by atoms with Gasteiger partial charge in [0.05, 0.1) is 0 Å². The van der Waals surface area contributed by atoms with Crippen molar-refractivity contribution in [1.82, 2.24) is 5.32 Å². The van der Waals surface area contributed by atoms with Gasteiger partial charge < -0.3 is 11.1 Å². The number of benzene rings is 1. The van der Waals surface area contributed by atoms with E-state index in [1.165, 1.54) is 6.07 Å². The van der Waals surface area contributed by atoms with Gasteiger partial charge in [0.15, 0.2) is 0 Å². The second kappa shape index (κ2) is 4.96. The van der Waals surface area contributed by atoms with Crippen LogP contribution in [0.3, 0.4) is 0 Å². The van der Waals surface area contributed by atoms with Gasteiger partial charge in [-0.25, -0.2) is 4.39 Å². The Labute approximate surface area is 93.4 Å². The minimum atomic E-state index is -0.100. The van der Waals surface area contributed by atoms with Gasteiger partial charge in [0.25, 0.3) is 0 Å². The highest BCUT2D eigenvalue weighted by Crippen LogP contribution is 2.37. The van der Waals surface area contributed by atoms with E-state index in [0.717, 1.165) is 29.2 Å². The fourth-order valence-corrected chi connectivity index (χ4v) is 3.00. The zero-order valence-electron chi connectivity index (χ0n) is 8.50. The van der Waals surface area contributed by atoms with Crippen LogP contribution < -0.4 is 11.1 Å². The Morgan fingerprint density at radius 3 is 3.20 bits per heavy atom. The Balaban J connectivity index is 2.22. The lowest BCUT2D eigenvalue weighted by atomic mass is 10.0. The maximum Gasteiger partial charge on any atom is 0.137 e. The fourth-order valence-electron chi connectivity index (χ4n) is 1.86. The number of halogens is 1. The highest BCUT2D eigenvalue weighted by Gasteiger charge is 2.22. The molecule has 2 rings (SSSR count). The number of thioether (sulfide) groups is 1. The Morgan fingerprint density at radius 2 is 2.40 bits per heavy atom. The van der Waals surface area contributed by atoms with Crippen molar-refractivity contribution in [3.05, 3.63) is 29.6 Å². The molecule has 0 aromatic heterocycles. The van der Waals surface area contributed by atoms with E-state index in [4.69, 9.17) is 5.73 Å². The maximum atomic E-state index is 13.5. The first-order chi connectivity index (χ1) is 7.33. The maximum absolute atomic E-state index is 13.5. The van der Waals surface area contributed by atoms with Crippen molar-refractivity contribution in [2.45, 2.75) is 17.4 Å². The number of fused-ring (bicyclic) bond motifs is 1. The van der Waals surface area contributed by atoms with E-state index in [1.54, 1.807) is 17.8 Å². The van der Waals surface area contributed by atoms with E-state index in [1.807, 2.05) is 6.07 Å². The minimum Gasteiger partial charge on any atom is -0.329 e. The number of nitrogens with two attached hydrogens (primary N) is 1. The summed E-state index contributed by atoms with van der Waals surface area (Å²) in [4.78, 5) is 0.804. The molecule has 0 amide bonds. The van der Waals surface area contributed by atoms with Crippen molar-refractivity contribution in [3.63, 3.8) is 0 Å². The molecule has 1 atom stereocenters. The Bertz CT molecular complexity index is 343. The van der Waals surface area contributed by atoms with E-state index in [0.29, 0.717) is 6.54 Å². The third-order valence-corrected chi connectivity index (χ3v) is 3.72. The number of hydrogen-bond donors (Lipinski definition) is 2. The van der Waals surface area contributed by atoms with E-state index >= 15 is 0 Å². The molecule has 82 valence electrons. The lowest BCUT2D eigenvalue weighted by Gasteiger charge is -2.26. The molecule has 0 aliphatic carbocycles. The third kappa shape index (κ3) is 2.33. The summed E-state index contributed by atoms with van der Waals surface area (Å²) in [7, 11) is 0. The highest BCUT2D eigenvalue weighted by atomic mass is 32.2. The zero-order valence-corrected chi connectivity index (χ0v) is 9.32. The summed E-state index contributed by atoms with van der Waals surface area (Å²) in [6.45, 7) is 1.40. The van der Waals surface area contributed by atoms with E-state index in [-0.39, 0.29) is 11.9 Å². The summed E-state index contributed by atoms with van der Waals surface area (Å²) in [6.07, 6.45) is 1.04. The molecule has 1 aliphatic rings. The first kappa shape index (κ1) is 10.9. The smallest absolute Gasteiger partial charge is 0.137 e. The van der Waals surface area contributed by atoms with Crippen LogP contribution >= 0.6 is 11.8 Å². The molecule has 0 saturated carbocycles. The predicted molar refractivity (Wildman–Crippen MR) is 61.5 cm³/mol. The molecule has 3 N–H and O–H groups in total. The van der Waals surface area contributed by atoms with Gasteiger partial charge >= 0.3 is 0 Å². The standard InChI is InChI=1S/C11H15FN2S/c12-9-3-1-2-8-10(14-6-5-13)4-7-15-11(8)9/h1-3,10,14H,4-7,13H2. The van der Waals surface area contributed by atoms with E-state index in [9.17, 15) is 4.39 Å². The van der Waals surface area contributed by atoms with Gasteiger partial charge in [-0.15, -0.1) is 11.8 Å². The average Bonchev–Trinajstić information content (AvgIpc) is 2.27. The molecule has 1 heterocycles. The molecular weight excluding hydrogens is 211 g/mol. The lowest BCUT2D eigenvalue weighted by molar-refractivity contribution is 0.503. The highest BCUT2D eigenvalue weighted by molar-refractivity contribution is 7.99. The molecule has 1 aromatic rings. The van der Waals surface area contributed by atoms with Crippen molar-refractivity contribution in [1.29, 1.82) is 0 Å². The van der Waals surface area contributed by atoms with E-state index in [2.05, 4.69) is 5.32 Å². The number of hydrogen-bond acceptors (Lipinski definition) is 3. The van der Waals surface area contributed by atoms with Crippen molar-refractivity contribution >= 4 is 11.8 Å². The van der Waals surface area contributed by atoms with Crippen molar-refractivity contribution < 1.29 is 4.39 Å². The second-order valence-corrected chi connectivity index (χ2v) is 4.70. The van der Waals surface area contributed by atoms with Crippen LogP contribution in [0.1, 0.15) is 18.0 Å². The van der Waals surface area contributed by atoms with Crippen LogP contribution in [0, 0.1) is 5.82 Å². The summed E-state index contributed by atoms with van der Waals surface area (Å²) >= 11 is 1.61. The number of rotatable bonds is 3. The SMILES string of the molecule is NCCNC1CCSc2c(F)cccc21. The van der Waals surface area contributed by atoms with Crippen LogP contribution in [0.2, 0.25) is 0 Å². The Hall–Kier alpha value is -0.580. The summed E-state index contributed by atoms with van der Waals surface area (Å²) in [5.74, 6) is 0.868. The molecule has 4 heteroatoms. The van der Waals surface area contributed by atoms with Gasteiger partial charge in [0, 0.05) is 24.0 Å². The Morgan fingerprint density at radius 1 is 1.53 bits per heavy atom. The van der Waals surface area contributed by atoms with Gasteiger partial charge in [-0.1, -0.05) is 12.1 Å². The Kier molecular flexibility index (Phi) is 3.61. The molecule has 0 spiro atoms. The largest absolute Gasteiger partial charge is 0.329 e. The van der Waals surface area contributed by atoms with Crippen molar-refractivity contribution in [3.8, 4) is 0 Å². The molecule has 1 aromatic carbocycles. The van der Waals surface area contributed by atoms with Gasteiger partial charge in [0.2, 0.25) is 0 Å². The molecule has 1 aliphatic heterocycles. The van der Waals surface area contributed by atoms with Crippen LogP contribution in [0.5, 0.6) is 0 Å². The molecule has 0 bridgehead atoms. The molecule has 0 radical (unpaired) electrons. The summed E-state index contributed by atoms with van der Waals surface area (Å²) < 4.78 is 13.5. The quantitative estimate of drug-likeness (QED) is 0.827. The van der Waals surface area contributed by atoms with E-state index < -0.39 is 0 Å². The lowest BCUT2D eigenvalue weighted by Crippen LogP contribution is -2.29. The van der Waals surface area contributed by atoms with Crippen LogP contribution in [-0.4, -0.2) is 18.8 Å². The van der Waals surface area contributed by atoms with Crippen LogP contribution in [-0.2, 0) is 0 Å². The minimum absolute atomic E-state index is 0.100. The van der Waals surface area contributed by atoms with Gasteiger partial charge in [0.1, 0.15) is 5.82 Å². The normalized spacial score (nSPS) is 20.0. The molecule has 1 unspecified atom stereocenters.